The molecule has 0 amide bonds. The average molecular weight is 947 g/mol. The fraction of sp³-hybridized carbons (Fsp3) is 0.942. The molecule has 390 valence electrons. The number of carbonyl (C=O) groups excluding carboxylic acids is 1. The molecule has 11 atom stereocenters. The van der Waals surface area contributed by atoms with E-state index >= 15 is 0 Å². The van der Waals surface area contributed by atoms with Crippen molar-refractivity contribution in [1.29, 1.82) is 0 Å². The number of ether oxygens (including phenoxy) is 6. The van der Waals surface area contributed by atoms with Gasteiger partial charge in [-0.25, -0.2) is 0 Å². The lowest BCUT2D eigenvalue weighted by molar-refractivity contribution is -0.332. The second kappa shape index (κ2) is 40.5. The summed E-state index contributed by atoms with van der Waals surface area (Å²) in [5.74, 6) is -0.384. The Bertz CT molecular complexity index is 1140. The molecule has 2 rings (SSSR count). The molecule has 2 heterocycles. The van der Waals surface area contributed by atoms with Gasteiger partial charge >= 0.3 is 5.97 Å². The van der Waals surface area contributed by atoms with E-state index in [0.29, 0.717) is 13.0 Å². The van der Waals surface area contributed by atoms with Crippen molar-refractivity contribution in [2.75, 3.05) is 33.0 Å². The molecular weight excluding hydrogens is 849 g/mol. The van der Waals surface area contributed by atoms with Crippen LogP contribution in [0.1, 0.15) is 213 Å². The molecule has 11 unspecified atom stereocenters. The third-order valence-corrected chi connectivity index (χ3v) is 13.0. The Hall–Kier alpha value is -1.27. The molecule has 14 nitrogen and oxygen atoms in total. The number of unbranched alkanes of at least 4 members (excludes halogenated alkanes) is 27. The van der Waals surface area contributed by atoms with Crippen LogP contribution in [0.5, 0.6) is 0 Å². The van der Waals surface area contributed by atoms with Crippen molar-refractivity contribution in [3.63, 3.8) is 0 Å². The van der Waals surface area contributed by atoms with Crippen LogP contribution in [0.25, 0.3) is 0 Å². The topological polar surface area (TPSA) is 214 Å². The number of aliphatic hydroxyl groups is 7. The maximum Gasteiger partial charge on any atom is 0.306 e. The van der Waals surface area contributed by atoms with Crippen LogP contribution in [0.4, 0.5) is 0 Å². The van der Waals surface area contributed by atoms with Crippen LogP contribution in [0.3, 0.4) is 0 Å². The van der Waals surface area contributed by atoms with Gasteiger partial charge in [-0.05, 0) is 32.1 Å². The molecular formula is C52H98O14. The first-order valence-corrected chi connectivity index (χ1v) is 26.8. The second-order valence-corrected chi connectivity index (χ2v) is 19.1. The van der Waals surface area contributed by atoms with Gasteiger partial charge in [-0.2, -0.15) is 0 Å². The summed E-state index contributed by atoms with van der Waals surface area (Å²) in [7, 11) is 0. The Morgan fingerprint density at radius 1 is 0.485 bits per heavy atom. The van der Waals surface area contributed by atoms with E-state index in [2.05, 4.69) is 26.0 Å². The minimum atomic E-state index is -1.70. The first-order valence-electron chi connectivity index (χ1n) is 26.8. The fourth-order valence-electron chi connectivity index (χ4n) is 8.64. The molecule has 2 saturated heterocycles. The molecule has 0 aromatic heterocycles. The van der Waals surface area contributed by atoms with Crippen molar-refractivity contribution in [2.24, 2.45) is 0 Å². The van der Waals surface area contributed by atoms with Crippen LogP contribution in [0.15, 0.2) is 12.2 Å². The van der Waals surface area contributed by atoms with Crippen LogP contribution in [-0.4, -0.2) is 142 Å². The Kier molecular flexibility index (Phi) is 37.3. The minimum Gasteiger partial charge on any atom is -0.457 e. The molecule has 0 saturated carbocycles. The van der Waals surface area contributed by atoms with E-state index in [1.54, 1.807) is 0 Å². The number of allylic oxidation sites excluding steroid dienone is 2. The highest BCUT2D eigenvalue weighted by Gasteiger charge is 2.47. The average Bonchev–Trinajstić information content (AvgIpc) is 3.31. The first kappa shape index (κ1) is 60.9. The molecule has 0 bridgehead atoms. The number of hydrogen-bond donors (Lipinski definition) is 7. The molecule has 0 aromatic carbocycles. The number of carbonyl (C=O) groups is 1. The number of aliphatic hydroxyl groups excluding tert-OH is 7. The van der Waals surface area contributed by atoms with Crippen molar-refractivity contribution < 1.29 is 69.0 Å². The lowest BCUT2D eigenvalue weighted by Gasteiger charge is -2.42. The maximum atomic E-state index is 12.9. The van der Waals surface area contributed by atoms with Crippen molar-refractivity contribution in [1.82, 2.24) is 0 Å². The van der Waals surface area contributed by atoms with E-state index in [0.717, 1.165) is 64.2 Å². The van der Waals surface area contributed by atoms with Gasteiger partial charge in [-0.3, -0.25) is 4.79 Å². The monoisotopic (exact) mass is 947 g/mol. The molecule has 2 aliphatic rings. The van der Waals surface area contributed by atoms with Crippen molar-refractivity contribution in [3.05, 3.63) is 12.2 Å². The SMILES string of the molecule is CCC/C=C\CCCCCCCC(=O)OC(COCCCCCCCCCCCCCCCCCCCCCCCC)COC1OC(COC2OC(CO)C(O)C(O)C2O)C(O)C(O)C1O. The maximum absolute atomic E-state index is 12.9. The summed E-state index contributed by atoms with van der Waals surface area (Å²) in [5, 5.41) is 72.1. The Morgan fingerprint density at radius 3 is 1.44 bits per heavy atom. The highest BCUT2D eigenvalue weighted by molar-refractivity contribution is 5.69. The summed E-state index contributed by atoms with van der Waals surface area (Å²) in [6.07, 6.45) is 25.8. The fourth-order valence-corrected chi connectivity index (χ4v) is 8.64. The number of rotatable bonds is 43. The van der Waals surface area contributed by atoms with Gasteiger partial charge in [-0.1, -0.05) is 187 Å². The lowest BCUT2D eigenvalue weighted by atomic mass is 9.98. The molecule has 0 aromatic rings. The van der Waals surface area contributed by atoms with Gasteiger partial charge in [0.05, 0.1) is 26.4 Å². The quantitative estimate of drug-likeness (QED) is 0.0174. The van der Waals surface area contributed by atoms with E-state index in [9.17, 15) is 40.5 Å². The Balaban J connectivity index is 1.69. The molecule has 0 spiro atoms. The Morgan fingerprint density at radius 2 is 0.924 bits per heavy atom. The van der Waals surface area contributed by atoms with Crippen LogP contribution in [0.2, 0.25) is 0 Å². The van der Waals surface area contributed by atoms with Gasteiger partial charge in [0.25, 0.3) is 0 Å². The molecule has 14 heteroatoms. The summed E-state index contributed by atoms with van der Waals surface area (Å²) in [6, 6.07) is 0. The minimum absolute atomic E-state index is 0.0637. The largest absolute Gasteiger partial charge is 0.457 e. The predicted octanol–water partition coefficient (Wildman–Crippen LogP) is 8.24. The molecule has 0 aliphatic carbocycles. The van der Waals surface area contributed by atoms with Gasteiger partial charge < -0.3 is 64.2 Å². The second-order valence-electron chi connectivity index (χ2n) is 19.1. The third-order valence-electron chi connectivity index (χ3n) is 13.0. The standard InChI is InChI=1S/C52H98O14/c1-3-5-7-9-11-13-15-16-17-18-19-20-21-22-23-24-25-26-28-30-32-34-36-61-38-41(64-44(54)35-33-31-29-27-14-12-10-8-6-4-2)39-62-51-50(60)48(58)46(56)43(66-51)40-63-52-49(59)47(57)45(55)42(37-53)65-52/h8,10,41-43,45-53,55-60H,3-7,9,11-40H2,1-2H3/b10-8-. The molecule has 2 aliphatic heterocycles. The normalized spacial score (nSPS) is 26.3. The zero-order valence-corrected chi connectivity index (χ0v) is 41.4. The van der Waals surface area contributed by atoms with E-state index in [1.807, 2.05) is 0 Å². The molecule has 0 radical (unpaired) electrons. The summed E-state index contributed by atoms with van der Waals surface area (Å²) in [4.78, 5) is 12.9. The third kappa shape index (κ3) is 27.8. The van der Waals surface area contributed by atoms with E-state index < -0.39 is 80.7 Å². The predicted molar refractivity (Wildman–Crippen MR) is 257 cm³/mol. The lowest BCUT2D eigenvalue weighted by Crippen LogP contribution is -2.61. The highest BCUT2D eigenvalue weighted by atomic mass is 16.7. The van der Waals surface area contributed by atoms with Gasteiger partial charge in [0, 0.05) is 13.0 Å². The van der Waals surface area contributed by atoms with Crippen molar-refractivity contribution in [3.8, 4) is 0 Å². The summed E-state index contributed by atoms with van der Waals surface area (Å²) < 4.78 is 34.2. The van der Waals surface area contributed by atoms with Crippen LogP contribution < -0.4 is 0 Å². The van der Waals surface area contributed by atoms with Gasteiger partial charge in [0.2, 0.25) is 0 Å². The number of esters is 1. The highest BCUT2D eigenvalue weighted by Crippen LogP contribution is 2.26. The van der Waals surface area contributed by atoms with E-state index in [1.165, 1.54) is 122 Å². The zero-order valence-electron chi connectivity index (χ0n) is 41.4. The van der Waals surface area contributed by atoms with Gasteiger partial charge in [0.15, 0.2) is 12.6 Å². The molecule has 66 heavy (non-hydrogen) atoms. The van der Waals surface area contributed by atoms with Crippen LogP contribution >= 0.6 is 0 Å². The van der Waals surface area contributed by atoms with Gasteiger partial charge in [-0.15, -0.1) is 0 Å². The Labute approximate surface area is 399 Å². The van der Waals surface area contributed by atoms with Crippen molar-refractivity contribution >= 4 is 5.97 Å². The number of hydrogen-bond acceptors (Lipinski definition) is 14. The smallest absolute Gasteiger partial charge is 0.306 e. The van der Waals surface area contributed by atoms with Gasteiger partial charge in [0.1, 0.15) is 54.9 Å². The van der Waals surface area contributed by atoms with Crippen LogP contribution in [-0.2, 0) is 33.2 Å². The zero-order chi connectivity index (χ0) is 48.0. The summed E-state index contributed by atoms with van der Waals surface area (Å²) in [6.45, 7) is 3.65. The molecule has 7 N–H and O–H groups in total. The van der Waals surface area contributed by atoms with Crippen molar-refractivity contribution in [2.45, 2.75) is 280 Å². The first-order chi connectivity index (χ1) is 32.1. The van der Waals surface area contributed by atoms with Crippen LogP contribution in [0, 0.1) is 0 Å². The van der Waals surface area contributed by atoms with E-state index in [-0.39, 0.29) is 25.6 Å². The summed E-state index contributed by atoms with van der Waals surface area (Å²) in [5.41, 5.74) is 0. The molecule has 2 fully saturated rings. The summed E-state index contributed by atoms with van der Waals surface area (Å²) >= 11 is 0. The van der Waals surface area contributed by atoms with E-state index in [4.69, 9.17) is 28.4 Å².